The number of rotatable bonds is 7. The lowest BCUT2D eigenvalue weighted by Crippen LogP contribution is -2.66. The highest BCUT2D eigenvalue weighted by Gasteiger charge is 2.76. The number of ketones is 1. The highest BCUT2D eigenvalue weighted by atomic mass is 16.7. The third-order valence-corrected chi connectivity index (χ3v) is 9.84. The zero-order chi connectivity index (χ0) is 35.9. The van der Waals surface area contributed by atoms with Crippen LogP contribution in [0.25, 0.3) is 0 Å². The first-order chi connectivity index (χ1) is 22.3. The highest BCUT2D eigenvalue weighted by molar-refractivity contribution is 5.89. The normalized spacial score (nSPS) is 37.5. The minimum atomic E-state index is -2.59. The first-order valence-corrected chi connectivity index (χ1v) is 16.0. The second-order valence-electron chi connectivity index (χ2n) is 13.7. The van der Waals surface area contributed by atoms with Crippen molar-refractivity contribution in [1.29, 1.82) is 0 Å². The number of carbonyl (C=O) groups excluding carboxylic acids is 5. The molecule has 4 rings (SSSR count). The number of hydrogen-bond donors (Lipinski definition) is 2. The molecular weight excluding hydrogens is 628 g/mol. The quantitative estimate of drug-likeness (QED) is 0.245. The van der Waals surface area contributed by atoms with Crippen LogP contribution in [0.5, 0.6) is 0 Å². The summed E-state index contributed by atoms with van der Waals surface area (Å²) in [6, 6.07) is 8.94. The molecule has 1 saturated carbocycles. The minimum absolute atomic E-state index is 0.0943. The summed E-state index contributed by atoms with van der Waals surface area (Å²) in [6.45, 7) is 14.8. The summed E-state index contributed by atoms with van der Waals surface area (Å²) in [5, 5.41) is 24.4. The summed E-state index contributed by atoms with van der Waals surface area (Å²) >= 11 is 0. The molecule has 0 amide bonds. The number of hydrogen-bond acceptors (Lipinski definition) is 13. The molecule has 4 unspecified atom stereocenters. The number of aliphatic hydroxyl groups excluding tert-OH is 1. The van der Waals surface area contributed by atoms with E-state index in [0.29, 0.717) is 5.56 Å². The van der Waals surface area contributed by atoms with Gasteiger partial charge in [-0.05, 0) is 17.9 Å². The van der Waals surface area contributed by atoms with Crippen LogP contribution in [0.3, 0.4) is 0 Å². The van der Waals surface area contributed by atoms with Crippen LogP contribution in [0.15, 0.2) is 42.5 Å². The van der Waals surface area contributed by atoms with E-state index in [9.17, 15) is 34.2 Å². The number of benzene rings is 1. The topological polar surface area (TPSA) is 181 Å². The van der Waals surface area contributed by atoms with Gasteiger partial charge in [-0.3, -0.25) is 24.0 Å². The SMILES string of the molecule is C=C1C(OC(C)=O)[C@H]2[C@H](O)C(C)C[C@]2(OC(C)=O)[C@@]2(O)O[C@@H](C(=O)C2C)C(C)(C)[C@H](OC(C)=O)C(OCc2ccccc2)[C@@H]1OC(C)=O. The van der Waals surface area contributed by atoms with Crippen molar-refractivity contribution in [1.82, 2.24) is 0 Å². The van der Waals surface area contributed by atoms with E-state index in [1.54, 1.807) is 45.0 Å². The van der Waals surface area contributed by atoms with Crippen molar-refractivity contribution in [3.8, 4) is 0 Å². The second-order valence-corrected chi connectivity index (χ2v) is 13.7. The van der Waals surface area contributed by atoms with Gasteiger partial charge in [0.1, 0.15) is 24.4 Å². The van der Waals surface area contributed by atoms with Gasteiger partial charge in [0.25, 0.3) is 0 Å². The van der Waals surface area contributed by atoms with Gasteiger partial charge in [-0.25, -0.2) is 0 Å². The van der Waals surface area contributed by atoms with Crippen LogP contribution in [0, 0.1) is 23.2 Å². The van der Waals surface area contributed by atoms with Gasteiger partial charge >= 0.3 is 23.9 Å². The van der Waals surface area contributed by atoms with Gasteiger partial charge in [0.05, 0.1) is 24.5 Å². The summed E-state index contributed by atoms with van der Waals surface area (Å²) in [6.07, 6.45) is -9.17. The fourth-order valence-electron chi connectivity index (χ4n) is 7.68. The van der Waals surface area contributed by atoms with Gasteiger partial charge in [-0.2, -0.15) is 0 Å². The zero-order valence-electron chi connectivity index (χ0n) is 28.6. The molecule has 1 aromatic carbocycles. The Balaban J connectivity index is 2.09. The molecule has 11 atom stereocenters. The van der Waals surface area contributed by atoms with Gasteiger partial charge in [0.15, 0.2) is 17.5 Å². The minimum Gasteiger partial charge on any atom is -0.459 e. The monoisotopic (exact) mass is 674 g/mol. The Labute approximate surface area is 279 Å². The van der Waals surface area contributed by atoms with Crippen LogP contribution in [-0.4, -0.2) is 87.9 Å². The summed E-state index contributed by atoms with van der Waals surface area (Å²) < 4.78 is 36.3. The fraction of sp³-hybridized carbons (Fsp3) is 0.629. The molecule has 2 N–H and O–H groups in total. The van der Waals surface area contributed by atoms with Gasteiger partial charge in [0.2, 0.25) is 5.79 Å². The Bertz CT molecular complexity index is 1440. The predicted molar refractivity (Wildman–Crippen MR) is 166 cm³/mol. The first-order valence-electron chi connectivity index (χ1n) is 16.0. The largest absolute Gasteiger partial charge is 0.459 e. The van der Waals surface area contributed by atoms with Crippen molar-refractivity contribution in [3.05, 3.63) is 48.0 Å². The molecule has 2 aliphatic heterocycles. The summed E-state index contributed by atoms with van der Waals surface area (Å²) in [5.74, 6) is -10.1. The molecular formula is C35H46O13. The highest BCUT2D eigenvalue weighted by Crippen LogP contribution is 2.59. The molecule has 2 saturated heterocycles. The number of Topliss-reactive ketones (excluding diaryl/α,β-unsaturated/α-hetero) is 1. The average Bonchev–Trinajstić information content (AvgIpc) is 3.38. The number of aliphatic hydroxyl groups is 2. The molecule has 3 fully saturated rings. The third-order valence-electron chi connectivity index (χ3n) is 9.84. The molecule has 13 heteroatoms. The van der Waals surface area contributed by atoms with Crippen LogP contribution in [0.4, 0.5) is 0 Å². The molecule has 264 valence electrons. The van der Waals surface area contributed by atoms with E-state index in [1.807, 2.05) is 6.07 Å². The van der Waals surface area contributed by atoms with E-state index in [4.69, 9.17) is 28.4 Å². The maximum Gasteiger partial charge on any atom is 0.303 e. The average molecular weight is 675 g/mol. The molecule has 2 heterocycles. The Kier molecular flexibility index (Phi) is 10.6. The van der Waals surface area contributed by atoms with Crippen LogP contribution >= 0.6 is 0 Å². The number of ether oxygens (including phenoxy) is 6. The smallest absolute Gasteiger partial charge is 0.303 e. The summed E-state index contributed by atoms with van der Waals surface area (Å²) in [5.41, 5.74) is -3.15. The maximum absolute atomic E-state index is 14.2. The molecule has 0 aromatic heterocycles. The van der Waals surface area contributed by atoms with E-state index in [0.717, 1.165) is 27.7 Å². The van der Waals surface area contributed by atoms with Gasteiger partial charge in [0, 0.05) is 38.7 Å². The van der Waals surface area contributed by atoms with Crippen molar-refractivity contribution in [2.75, 3.05) is 0 Å². The van der Waals surface area contributed by atoms with Crippen molar-refractivity contribution in [2.45, 2.75) is 116 Å². The van der Waals surface area contributed by atoms with Crippen LogP contribution < -0.4 is 0 Å². The van der Waals surface area contributed by atoms with Crippen LogP contribution in [0.2, 0.25) is 0 Å². The number of carbonyl (C=O) groups is 5. The number of esters is 4. The number of fused-ring (bicyclic) bond motifs is 4. The van der Waals surface area contributed by atoms with E-state index in [1.165, 1.54) is 6.92 Å². The van der Waals surface area contributed by atoms with E-state index in [-0.39, 0.29) is 18.6 Å². The van der Waals surface area contributed by atoms with E-state index < -0.39 is 101 Å². The Morgan fingerprint density at radius 2 is 1.48 bits per heavy atom. The molecule has 0 spiro atoms. The standard InChI is InChI=1S/C35H46O13/c1-17-15-34(47-23(7)39)25(26(17)40)28(44-20(4)36)18(2)29(45-21(5)37)30(43-16-24-13-11-10-12-14-24)32(46-22(6)38)33(8,9)31-27(41)19(3)35(34,42)48-31/h10-14,17,19,25-26,28-32,40,42H,2,15-16H2,1,3-9H3/t17?,19?,25-,26-,28?,29-,30?,31+,32-,34-,35+/m1/s1. The van der Waals surface area contributed by atoms with Crippen molar-refractivity contribution in [2.24, 2.45) is 23.2 Å². The molecule has 13 nitrogen and oxygen atoms in total. The fourth-order valence-corrected chi connectivity index (χ4v) is 7.68. The Morgan fingerprint density at radius 3 is 2.02 bits per heavy atom. The molecule has 3 aliphatic rings. The Hall–Kier alpha value is -3.65. The van der Waals surface area contributed by atoms with Crippen LogP contribution in [0.1, 0.15) is 67.4 Å². The maximum atomic E-state index is 14.2. The lowest BCUT2D eigenvalue weighted by molar-refractivity contribution is -0.334. The molecule has 48 heavy (non-hydrogen) atoms. The zero-order valence-corrected chi connectivity index (χ0v) is 28.6. The summed E-state index contributed by atoms with van der Waals surface area (Å²) in [4.78, 5) is 65.4. The van der Waals surface area contributed by atoms with Crippen molar-refractivity contribution >= 4 is 29.7 Å². The lowest BCUT2D eigenvalue weighted by atomic mass is 9.68. The predicted octanol–water partition coefficient (Wildman–Crippen LogP) is 2.57. The Morgan fingerprint density at radius 1 is 0.917 bits per heavy atom. The molecule has 2 bridgehead atoms. The summed E-state index contributed by atoms with van der Waals surface area (Å²) in [7, 11) is 0. The first kappa shape index (κ1) is 37.2. The van der Waals surface area contributed by atoms with Crippen LogP contribution in [-0.2, 0) is 59.0 Å². The van der Waals surface area contributed by atoms with E-state index >= 15 is 0 Å². The van der Waals surface area contributed by atoms with Gasteiger partial charge < -0.3 is 38.6 Å². The van der Waals surface area contributed by atoms with Gasteiger partial charge in [-0.1, -0.05) is 64.6 Å². The molecule has 1 aliphatic carbocycles. The lowest BCUT2D eigenvalue weighted by Gasteiger charge is -2.48. The second kappa shape index (κ2) is 13.7. The molecule has 0 radical (unpaired) electrons. The third kappa shape index (κ3) is 6.52. The van der Waals surface area contributed by atoms with Gasteiger partial charge in [-0.15, -0.1) is 0 Å². The molecule has 1 aromatic rings. The van der Waals surface area contributed by atoms with Crippen molar-refractivity contribution < 1.29 is 62.6 Å². The van der Waals surface area contributed by atoms with Crippen molar-refractivity contribution in [3.63, 3.8) is 0 Å². The van der Waals surface area contributed by atoms with E-state index in [2.05, 4.69) is 6.58 Å².